The minimum absolute atomic E-state index is 0.213. The summed E-state index contributed by atoms with van der Waals surface area (Å²) < 4.78 is 16.8. The minimum atomic E-state index is 0.213. The number of aromatic nitrogens is 2. The van der Waals surface area contributed by atoms with Crippen molar-refractivity contribution in [3.05, 3.63) is 95.6 Å². The lowest BCUT2D eigenvalue weighted by molar-refractivity contribution is 0.612. The number of aryl methyl sites for hydroxylation is 1. The van der Waals surface area contributed by atoms with Crippen LogP contribution in [-0.4, -0.2) is 8.68 Å². The van der Waals surface area contributed by atoms with Crippen LogP contribution in [0.2, 0.25) is 0 Å². The summed E-state index contributed by atoms with van der Waals surface area (Å²) in [4.78, 5) is 0. The SMILES string of the molecule is Cc1cc2c(c(OPn3cccc3)c1C)-c1c(cccc1OPn1cccc1)C2. The van der Waals surface area contributed by atoms with Crippen molar-refractivity contribution < 1.29 is 9.05 Å². The predicted octanol–water partition coefficient (Wildman–Crippen LogP) is 6.35. The maximum atomic E-state index is 6.40. The smallest absolute Gasteiger partial charge is 0.181 e. The highest BCUT2D eigenvalue weighted by Gasteiger charge is 2.28. The van der Waals surface area contributed by atoms with E-state index in [0.717, 1.165) is 17.9 Å². The van der Waals surface area contributed by atoms with Gasteiger partial charge in [-0.1, -0.05) is 18.2 Å². The lowest BCUT2D eigenvalue weighted by Crippen LogP contribution is -1.96. The topological polar surface area (TPSA) is 28.3 Å². The molecule has 2 atom stereocenters. The first kappa shape index (κ1) is 18.5. The molecule has 2 aromatic carbocycles. The van der Waals surface area contributed by atoms with Crippen LogP contribution < -0.4 is 9.05 Å². The summed E-state index contributed by atoms with van der Waals surface area (Å²) in [6, 6.07) is 16.7. The average molecular weight is 420 g/mol. The predicted molar refractivity (Wildman–Crippen MR) is 122 cm³/mol. The molecule has 0 bridgehead atoms. The Balaban J connectivity index is 1.55. The van der Waals surface area contributed by atoms with E-state index in [0.29, 0.717) is 0 Å². The van der Waals surface area contributed by atoms with Gasteiger partial charge < -0.3 is 17.7 Å². The summed E-state index contributed by atoms with van der Waals surface area (Å²) in [6.45, 7) is 4.31. The molecule has 6 heteroatoms. The second-order valence-electron chi connectivity index (χ2n) is 7.22. The van der Waals surface area contributed by atoms with Gasteiger partial charge in [-0.15, -0.1) is 0 Å². The van der Waals surface area contributed by atoms with Gasteiger partial charge in [0.25, 0.3) is 0 Å². The zero-order valence-corrected chi connectivity index (χ0v) is 18.3. The molecule has 1 aliphatic rings. The third kappa shape index (κ3) is 3.48. The summed E-state index contributed by atoms with van der Waals surface area (Å²) >= 11 is 0. The number of hydrogen-bond donors (Lipinski definition) is 0. The molecule has 0 N–H and O–H groups in total. The largest absolute Gasteiger partial charge is 0.455 e. The van der Waals surface area contributed by atoms with Crippen LogP contribution in [0.4, 0.5) is 0 Å². The number of fused-ring (bicyclic) bond motifs is 3. The standard InChI is InChI=1S/C23H22N2O2P2/c1-16-14-19-15-18-8-7-9-20(26-28-24-10-3-4-11-24)21(18)22(19)23(17(16)2)27-29-25-12-5-6-13-25/h3-14,28-29H,15H2,1-2H3. The molecule has 2 unspecified atom stereocenters. The second-order valence-corrected chi connectivity index (χ2v) is 9.02. The molecule has 146 valence electrons. The highest BCUT2D eigenvalue weighted by molar-refractivity contribution is 7.31. The maximum absolute atomic E-state index is 6.40. The first-order valence-electron chi connectivity index (χ1n) is 9.57. The van der Waals surface area contributed by atoms with Crippen LogP contribution in [0, 0.1) is 13.8 Å². The summed E-state index contributed by atoms with van der Waals surface area (Å²) in [5.74, 6) is 1.90. The van der Waals surface area contributed by atoms with Gasteiger partial charge in [0, 0.05) is 35.9 Å². The Hall–Kier alpha value is -2.54. The molecule has 0 spiro atoms. The highest BCUT2D eigenvalue weighted by Crippen LogP contribution is 2.51. The van der Waals surface area contributed by atoms with E-state index in [1.54, 1.807) is 0 Å². The van der Waals surface area contributed by atoms with E-state index < -0.39 is 0 Å². The number of nitrogens with zero attached hydrogens (tertiary/aromatic N) is 2. The Labute approximate surface area is 174 Å². The molecule has 0 radical (unpaired) electrons. The second kappa shape index (κ2) is 7.71. The lowest BCUT2D eigenvalue weighted by atomic mass is 9.97. The van der Waals surface area contributed by atoms with Gasteiger partial charge >= 0.3 is 0 Å². The summed E-state index contributed by atoms with van der Waals surface area (Å²) in [5.41, 5.74) is 7.44. The van der Waals surface area contributed by atoms with Crippen LogP contribution in [0.25, 0.3) is 11.1 Å². The molecule has 4 aromatic rings. The summed E-state index contributed by atoms with van der Waals surface area (Å²) in [5, 5.41) is 0. The molecule has 0 fully saturated rings. The normalized spacial score (nSPS) is 12.8. The molecular weight excluding hydrogens is 398 g/mol. The molecule has 0 amide bonds. The highest BCUT2D eigenvalue weighted by atomic mass is 31.1. The lowest BCUT2D eigenvalue weighted by Gasteiger charge is -2.18. The maximum Gasteiger partial charge on any atom is 0.181 e. The van der Waals surface area contributed by atoms with Gasteiger partial charge in [0.05, 0.1) is 0 Å². The van der Waals surface area contributed by atoms with Crippen LogP contribution in [-0.2, 0) is 6.42 Å². The number of hydrogen-bond acceptors (Lipinski definition) is 2. The van der Waals surface area contributed by atoms with Crippen molar-refractivity contribution in [1.29, 1.82) is 0 Å². The van der Waals surface area contributed by atoms with Crippen LogP contribution in [0.5, 0.6) is 11.5 Å². The van der Waals surface area contributed by atoms with E-state index in [2.05, 4.69) is 46.8 Å². The summed E-state index contributed by atoms with van der Waals surface area (Å²) in [7, 11) is 0.428. The van der Waals surface area contributed by atoms with E-state index in [1.807, 2.05) is 49.1 Å². The zero-order chi connectivity index (χ0) is 19.8. The van der Waals surface area contributed by atoms with E-state index >= 15 is 0 Å². The molecule has 0 saturated carbocycles. The fraction of sp³-hybridized carbons (Fsp3) is 0.130. The fourth-order valence-electron chi connectivity index (χ4n) is 3.78. The Morgan fingerprint density at radius 1 is 0.759 bits per heavy atom. The van der Waals surface area contributed by atoms with Gasteiger partial charge in [-0.3, -0.25) is 0 Å². The van der Waals surface area contributed by atoms with Crippen LogP contribution in [0.3, 0.4) is 0 Å². The Morgan fingerprint density at radius 2 is 1.41 bits per heavy atom. The Bertz CT molecular complexity index is 1150. The third-order valence-corrected chi connectivity index (χ3v) is 6.96. The fourth-order valence-corrected chi connectivity index (χ4v) is 5.20. The molecule has 2 aromatic heterocycles. The first-order chi connectivity index (χ1) is 14.2. The van der Waals surface area contributed by atoms with Crippen LogP contribution >= 0.6 is 17.9 Å². The quantitative estimate of drug-likeness (QED) is 0.300. The summed E-state index contributed by atoms with van der Waals surface area (Å²) in [6.07, 6.45) is 9.03. The van der Waals surface area contributed by atoms with Crippen LogP contribution in [0.15, 0.2) is 73.3 Å². The average Bonchev–Trinajstić information content (AvgIpc) is 3.47. The molecule has 4 nitrogen and oxygen atoms in total. The number of rotatable bonds is 6. The molecule has 0 saturated heterocycles. The third-order valence-electron chi connectivity index (χ3n) is 5.34. The van der Waals surface area contributed by atoms with Crippen molar-refractivity contribution in [2.24, 2.45) is 0 Å². The van der Waals surface area contributed by atoms with Crippen molar-refractivity contribution in [2.45, 2.75) is 20.3 Å². The van der Waals surface area contributed by atoms with E-state index in [4.69, 9.17) is 9.05 Å². The van der Waals surface area contributed by atoms with Crippen molar-refractivity contribution in [3.8, 4) is 22.6 Å². The van der Waals surface area contributed by atoms with Crippen molar-refractivity contribution in [3.63, 3.8) is 0 Å². The van der Waals surface area contributed by atoms with Crippen molar-refractivity contribution in [2.75, 3.05) is 0 Å². The van der Waals surface area contributed by atoms with Gasteiger partial charge in [0.15, 0.2) is 17.9 Å². The monoisotopic (exact) mass is 420 g/mol. The minimum Gasteiger partial charge on any atom is -0.455 e. The van der Waals surface area contributed by atoms with E-state index in [9.17, 15) is 0 Å². The van der Waals surface area contributed by atoms with Gasteiger partial charge in [-0.05, 0) is 72.9 Å². The number of benzene rings is 2. The van der Waals surface area contributed by atoms with E-state index in [-0.39, 0.29) is 17.9 Å². The van der Waals surface area contributed by atoms with Gasteiger partial charge in [0.1, 0.15) is 11.5 Å². The zero-order valence-electron chi connectivity index (χ0n) is 16.3. The molecule has 0 aliphatic heterocycles. The Morgan fingerprint density at radius 3 is 2.10 bits per heavy atom. The molecule has 2 heterocycles. The van der Waals surface area contributed by atoms with E-state index in [1.165, 1.54) is 33.4 Å². The van der Waals surface area contributed by atoms with Gasteiger partial charge in [-0.2, -0.15) is 0 Å². The molecule has 5 rings (SSSR count). The Kier molecular flexibility index (Phi) is 4.91. The van der Waals surface area contributed by atoms with Crippen molar-refractivity contribution in [1.82, 2.24) is 8.68 Å². The van der Waals surface area contributed by atoms with Crippen LogP contribution in [0.1, 0.15) is 22.3 Å². The molecule has 1 aliphatic carbocycles. The van der Waals surface area contributed by atoms with Gasteiger partial charge in [0.2, 0.25) is 0 Å². The first-order valence-corrected chi connectivity index (χ1v) is 11.3. The molecule has 29 heavy (non-hydrogen) atoms. The van der Waals surface area contributed by atoms with Gasteiger partial charge in [-0.25, -0.2) is 0 Å². The van der Waals surface area contributed by atoms with Crippen molar-refractivity contribution >= 4 is 17.9 Å². The molecular formula is C23H22N2O2P2.